The van der Waals surface area contributed by atoms with Crippen LogP contribution < -0.4 is 10.9 Å². The van der Waals surface area contributed by atoms with E-state index >= 15 is 0 Å². The maximum atomic E-state index is 12.9. The summed E-state index contributed by atoms with van der Waals surface area (Å²) in [6.07, 6.45) is 0. The molecule has 2 amide bonds. The number of anilines is 1. The third-order valence-corrected chi connectivity index (χ3v) is 5.01. The van der Waals surface area contributed by atoms with E-state index < -0.39 is 5.56 Å². The van der Waals surface area contributed by atoms with Crippen molar-refractivity contribution in [1.82, 2.24) is 14.5 Å². The molecule has 2 heterocycles. The summed E-state index contributed by atoms with van der Waals surface area (Å²) >= 11 is 10.0. The highest BCUT2D eigenvalue weighted by molar-refractivity contribution is 7.80. The zero-order valence-corrected chi connectivity index (χ0v) is 17.0. The zero-order valence-electron chi connectivity index (χ0n) is 15.3. The van der Waals surface area contributed by atoms with Gasteiger partial charge < -0.3 is 19.5 Å². The molecule has 1 atom stereocenters. The topological polar surface area (TPSA) is 93.5 Å². The molecule has 0 fully saturated rings. The number of methoxy groups -OCH3 is 1. The van der Waals surface area contributed by atoms with E-state index in [1.54, 1.807) is 24.3 Å². The minimum absolute atomic E-state index is 0.00426. The van der Waals surface area contributed by atoms with Crippen molar-refractivity contribution >= 4 is 41.7 Å². The van der Waals surface area contributed by atoms with Gasteiger partial charge in [-0.05, 0) is 31.2 Å². The van der Waals surface area contributed by atoms with E-state index in [1.807, 2.05) is 6.92 Å². The average Bonchev–Trinajstić information content (AvgIpc) is 2.99. The lowest BCUT2D eigenvalue weighted by Gasteiger charge is -2.23. The molecule has 10 heteroatoms. The van der Waals surface area contributed by atoms with Gasteiger partial charge >= 0.3 is 0 Å². The van der Waals surface area contributed by atoms with Gasteiger partial charge in [-0.2, -0.15) is 4.98 Å². The summed E-state index contributed by atoms with van der Waals surface area (Å²) < 4.78 is 6.46. The first kappa shape index (κ1) is 20.4. The highest BCUT2D eigenvalue weighted by Crippen LogP contribution is 2.24. The molecule has 0 unspecified atom stereocenters. The van der Waals surface area contributed by atoms with Gasteiger partial charge in [0.05, 0.1) is 24.8 Å². The molecule has 0 saturated carbocycles. The van der Waals surface area contributed by atoms with Crippen molar-refractivity contribution in [2.75, 3.05) is 19.0 Å². The van der Waals surface area contributed by atoms with Crippen molar-refractivity contribution < 1.29 is 14.3 Å². The Bertz CT molecular complexity index is 977. The minimum Gasteiger partial charge on any atom is -0.383 e. The van der Waals surface area contributed by atoms with Crippen LogP contribution in [0.3, 0.4) is 0 Å². The summed E-state index contributed by atoms with van der Waals surface area (Å²) in [5.74, 6) is -0.741. The predicted molar refractivity (Wildman–Crippen MR) is 107 cm³/mol. The number of fused-ring (bicyclic) bond motifs is 1. The number of aromatic nitrogens is 2. The first-order chi connectivity index (χ1) is 13.3. The largest absolute Gasteiger partial charge is 0.383 e. The normalized spacial score (nSPS) is 14.1. The van der Waals surface area contributed by atoms with Gasteiger partial charge in [0.25, 0.3) is 11.5 Å². The first-order valence-corrected chi connectivity index (χ1v) is 9.32. The van der Waals surface area contributed by atoms with Gasteiger partial charge in [-0.25, -0.2) is 0 Å². The van der Waals surface area contributed by atoms with Crippen LogP contribution in [0.5, 0.6) is 0 Å². The average molecular weight is 423 g/mol. The van der Waals surface area contributed by atoms with E-state index in [9.17, 15) is 14.4 Å². The summed E-state index contributed by atoms with van der Waals surface area (Å²) in [5, 5.41) is 3.27. The molecule has 1 N–H and O–H groups in total. The third-order valence-electron chi connectivity index (χ3n) is 4.42. The van der Waals surface area contributed by atoms with Crippen LogP contribution in [0.15, 0.2) is 34.2 Å². The van der Waals surface area contributed by atoms with Crippen LogP contribution in [0.25, 0.3) is 0 Å². The van der Waals surface area contributed by atoms with E-state index in [0.29, 0.717) is 17.3 Å². The molecule has 3 rings (SSSR count). The van der Waals surface area contributed by atoms with Gasteiger partial charge in [-0.1, -0.05) is 11.6 Å². The standard InChI is InChI=1S/C18H19ClN4O4S/c1-10(9-27-2)22-7-13-15(17(22)26)23(18(28)21-16(13)25)8-14(24)20-12-5-3-11(19)4-6-12/h3-6,10H,7-9H2,1-2H3,(H,20,24)(H,21,25,28)/t10-/m0/s1. The minimum atomic E-state index is -0.519. The number of nitrogens with one attached hydrogen (secondary N) is 1. The van der Waals surface area contributed by atoms with Gasteiger partial charge in [0.1, 0.15) is 12.2 Å². The Morgan fingerprint density at radius 2 is 2.04 bits per heavy atom. The van der Waals surface area contributed by atoms with E-state index in [-0.39, 0.29) is 47.4 Å². The second kappa shape index (κ2) is 8.34. The van der Waals surface area contributed by atoms with Gasteiger partial charge in [0.15, 0.2) is 5.16 Å². The van der Waals surface area contributed by atoms with Crippen molar-refractivity contribution in [3.05, 3.63) is 50.9 Å². The lowest BCUT2D eigenvalue weighted by Crippen LogP contribution is -2.37. The summed E-state index contributed by atoms with van der Waals surface area (Å²) in [4.78, 5) is 43.0. The molecule has 0 radical (unpaired) electrons. The number of benzene rings is 1. The summed E-state index contributed by atoms with van der Waals surface area (Å²) in [6, 6.07) is 6.39. The Kier molecular flexibility index (Phi) is 6.07. The van der Waals surface area contributed by atoms with Crippen LogP contribution in [0.1, 0.15) is 23.0 Å². The highest BCUT2D eigenvalue weighted by Gasteiger charge is 2.36. The highest BCUT2D eigenvalue weighted by atomic mass is 35.5. The van der Waals surface area contributed by atoms with E-state index in [0.717, 1.165) is 0 Å². The van der Waals surface area contributed by atoms with Crippen molar-refractivity contribution in [2.24, 2.45) is 0 Å². The maximum Gasteiger partial charge on any atom is 0.279 e. The molecule has 8 nitrogen and oxygen atoms in total. The lowest BCUT2D eigenvalue weighted by atomic mass is 10.2. The Balaban J connectivity index is 1.88. The van der Waals surface area contributed by atoms with Gasteiger partial charge in [-0.3, -0.25) is 14.4 Å². The number of amides is 2. The quantitative estimate of drug-likeness (QED) is 0.547. The Labute approximate surface area is 171 Å². The molecule has 1 aliphatic rings. The molecular weight excluding hydrogens is 404 g/mol. The predicted octanol–water partition coefficient (Wildman–Crippen LogP) is 1.81. The number of halogens is 1. The molecule has 1 aromatic carbocycles. The smallest absolute Gasteiger partial charge is 0.279 e. The molecule has 28 heavy (non-hydrogen) atoms. The maximum absolute atomic E-state index is 12.9. The fourth-order valence-corrected chi connectivity index (χ4v) is 3.45. The first-order valence-electron chi connectivity index (χ1n) is 8.49. The Hall–Kier alpha value is -2.36. The summed E-state index contributed by atoms with van der Waals surface area (Å²) in [7, 11) is 1.54. The fraction of sp³-hybridized carbons (Fsp3) is 0.333. The van der Waals surface area contributed by atoms with Crippen molar-refractivity contribution in [1.29, 1.82) is 0 Å². The van der Waals surface area contributed by atoms with E-state index in [2.05, 4.69) is 22.9 Å². The molecule has 0 saturated heterocycles. The molecule has 1 aliphatic heterocycles. The lowest BCUT2D eigenvalue weighted by molar-refractivity contribution is -0.116. The van der Waals surface area contributed by atoms with Gasteiger partial charge in [0, 0.05) is 17.8 Å². The SMILES string of the molecule is COC[C@H](C)N1Cc2c(n(CC(=O)Nc3ccc(Cl)cc3)c(S)nc2=O)C1=O. The summed E-state index contributed by atoms with van der Waals surface area (Å²) in [6.45, 7) is 2.06. The number of nitrogens with zero attached hydrogens (tertiary/aromatic N) is 3. The fourth-order valence-electron chi connectivity index (χ4n) is 3.06. The number of hydrogen-bond donors (Lipinski definition) is 2. The van der Waals surface area contributed by atoms with E-state index in [1.165, 1.54) is 16.6 Å². The number of carbonyl (C=O) groups is 2. The number of hydrogen-bond acceptors (Lipinski definition) is 6. The summed E-state index contributed by atoms with van der Waals surface area (Å²) in [5.41, 5.74) is 0.432. The third kappa shape index (κ3) is 4.06. The van der Waals surface area contributed by atoms with Crippen molar-refractivity contribution in [3.63, 3.8) is 0 Å². The molecular formula is C18H19ClN4O4S. The second-order valence-electron chi connectivity index (χ2n) is 6.42. The molecule has 0 bridgehead atoms. The van der Waals surface area contributed by atoms with E-state index in [4.69, 9.17) is 16.3 Å². The zero-order chi connectivity index (χ0) is 20.4. The number of thiol groups is 1. The number of carbonyl (C=O) groups excluding carboxylic acids is 2. The van der Waals surface area contributed by atoms with Gasteiger partial charge in [-0.15, -0.1) is 12.6 Å². The molecule has 1 aromatic heterocycles. The van der Waals surface area contributed by atoms with Gasteiger partial charge in [0.2, 0.25) is 5.91 Å². The second-order valence-corrected chi connectivity index (χ2v) is 7.26. The van der Waals surface area contributed by atoms with Crippen LogP contribution in [0.4, 0.5) is 5.69 Å². The van der Waals surface area contributed by atoms with Crippen LogP contribution in [-0.4, -0.2) is 46.0 Å². The van der Waals surface area contributed by atoms with Crippen LogP contribution in [0.2, 0.25) is 5.02 Å². The Morgan fingerprint density at radius 3 is 2.68 bits per heavy atom. The van der Waals surface area contributed by atoms with Crippen molar-refractivity contribution in [2.45, 2.75) is 31.2 Å². The molecule has 148 valence electrons. The van der Waals surface area contributed by atoms with Crippen LogP contribution in [-0.2, 0) is 22.6 Å². The van der Waals surface area contributed by atoms with Crippen LogP contribution >= 0.6 is 24.2 Å². The molecule has 0 aliphatic carbocycles. The molecule has 0 spiro atoms. The Morgan fingerprint density at radius 1 is 1.36 bits per heavy atom. The number of ether oxygens (including phenoxy) is 1. The molecule has 2 aromatic rings. The number of rotatable bonds is 6. The van der Waals surface area contributed by atoms with Crippen LogP contribution in [0, 0.1) is 0 Å². The monoisotopic (exact) mass is 422 g/mol. The van der Waals surface area contributed by atoms with Crippen molar-refractivity contribution in [3.8, 4) is 0 Å².